The summed E-state index contributed by atoms with van der Waals surface area (Å²) in [7, 11) is 0. The molecule has 0 saturated carbocycles. The lowest BCUT2D eigenvalue weighted by Crippen LogP contribution is -1.99. The van der Waals surface area contributed by atoms with E-state index in [4.69, 9.17) is 28.9 Å². The Morgan fingerprint density at radius 2 is 1.91 bits per heavy atom. The van der Waals surface area contributed by atoms with Crippen LogP contribution in [-0.4, -0.2) is 4.98 Å². The van der Waals surface area contributed by atoms with Crippen LogP contribution in [-0.2, 0) is 0 Å². The summed E-state index contributed by atoms with van der Waals surface area (Å²) in [6.45, 7) is 0. The Balaban J connectivity index is 2.22. The van der Waals surface area contributed by atoms with Gasteiger partial charge in [-0.1, -0.05) is 29.3 Å². The van der Waals surface area contributed by atoms with Gasteiger partial charge in [-0.05, 0) is 46.3 Å². The number of thiophene rings is 1. The summed E-state index contributed by atoms with van der Waals surface area (Å²) in [6, 6.07) is 13.1. The molecule has 114 valence electrons. The fourth-order valence-electron chi connectivity index (χ4n) is 2.14. The summed E-state index contributed by atoms with van der Waals surface area (Å²) in [5.74, 6) is 0.190. The molecule has 2 aromatic heterocycles. The van der Waals surface area contributed by atoms with Crippen molar-refractivity contribution in [3.8, 4) is 27.8 Å². The highest BCUT2D eigenvalue weighted by Gasteiger charge is 2.15. The van der Waals surface area contributed by atoms with E-state index in [0.29, 0.717) is 21.3 Å². The zero-order valence-corrected chi connectivity index (χ0v) is 15.4. The normalized spacial score (nSPS) is 10.5. The number of anilines is 1. The van der Waals surface area contributed by atoms with Crippen molar-refractivity contribution in [3.05, 3.63) is 55.8 Å². The smallest absolute Gasteiger partial charge is 0.142 e. The minimum absolute atomic E-state index is 0.190. The number of nitrogen functional groups attached to an aromatic ring is 1. The lowest BCUT2D eigenvalue weighted by atomic mass is 10.0. The van der Waals surface area contributed by atoms with E-state index in [9.17, 15) is 5.26 Å². The fourth-order valence-corrected chi connectivity index (χ4v) is 3.85. The van der Waals surface area contributed by atoms with Gasteiger partial charge in [-0.15, -0.1) is 11.3 Å². The molecule has 0 aliphatic heterocycles. The van der Waals surface area contributed by atoms with Crippen LogP contribution in [0.25, 0.3) is 21.7 Å². The molecule has 0 radical (unpaired) electrons. The molecule has 0 aliphatic carbocycles. The molecule has 3 rings (SSSR count). The molecule has 0 amide bonds. The van der Waals surface area contributed by atoms with Gasteiger partial charge >= 0.3 is 0 Å². The standard InChI is InChI=1S/C16H8BrCl2N3S/c17-15-4-3-14(23-15)9-6-13(22-16(21)10(9)7-20)8-1-2-11(18)12(19)5-8/h1-6H,(H2,21,22). The number of hydrogen-bond donors (Lipinski definition) is 1. The van der Waals surface area contributed by atoms with Crippen LogP contribution in [0, 0.1) is 11.3 Å². The summed E-state index contributed by atoms with van der Waals surface area (Å²) < 4.78 is 0.975. The molecule has 3 nitrogen and oxygen atoms in total. The second-order valence-electron chi connectivity index (χ2n) is 4.66. The molecule has 0 bridgehead atoms. The summed E-state index contributed by atoms with van der Waals surface area (Å²) in [4.78, 5) is 5.26. The third kappa shape index (κ3) is 3.22. The monoisotopic (exact) mass is 423 g/mol. The van der Waals surface area contributed by atoms with Crippen LogP contribution in [0.5, 0.6) is 0 Å². The molecule has 0 spiro atoms. The maximum atomic E-state index is 9.39. The van der Waals surface area contributed by atoms with Crippen molar-refractivity contribution in [2.75, 3.05) is 5.73 Å². The number of nitriles is 1. The van der Waals surface area contributed by atoms with Crippen molar-refractivity contribution in [1.29, 1.82) is 5.26 Å². The summed E-state index contributed by atoms with van der Waals surface area (Å²) >= 11 is 17.0. The number of halogens is 3. The quantitative estimate of drug-likeness (QED) is 0.548. The predicted molar refractivity (Wildman–Crippen MR) is 99.8 cm³/mol. The Kier molecular flexibility index (Phi) is 4.60. The molecule has 23 heavy (non-hydrogen) atoms. The molecule has 2 N–H and O–H groups in total. The summed E-state index contributed by atoms with van der Waals surface area (Å²) in [5, 5.41) is 10.3. The number of rotatable bonds is 2. The topological polar surface area (TPSA) is 62.7 Å². The van der Waals surface area contributed by atoms with Crippen LogP contribution < -0.4 is 5.73 Å². The van der Waals surface area contributed by atoms with Crippen LogP contribution >= 0.6 is 50.5 Å². The average molecular weight is 425 g/mol. The lowest BCUT2D eigenvalue weighted by Gasteiger charge is -2.09. The highest BCUT2D eigenvalue weighted by Crippen LogP contribution is 2.37. The number of pyridine rings is 1. The van der Waals surface area contributed by atoms with E-state index in [1.54, 1.807) is 12.1 Å². The van der Waals surface area contributed by atoms with Crippen LogP contribution in [0.1, 0.15) is 5.56 Å². The number of nitrogens with zero attached hydrogens (tertiary/aromatic N) is 2. The minimum Gasteiger partial charge on any atom is -0.383 e. The highest BCUT2D eigenvalue weighted by atomic mass is 79.9. The number of nitrogens with two attached hydrogens (primary N) is 1. The lowest BCUT2D eigenvalue weighted by molar-refractivity contribution is 1.31. The maximum absolute atomic E-state index is 9.39. The first-order valence-corrected chi connectivity index (χ1v) is 8.78. The van der Waals surface area contributed by atoms with E-state index < -0.39 is 0 Å². The van der Waals surface area contributed by atoms with E-state index in [1.165, 1.54) is 11.3 Å². The van der Waals surface area contributed by atoms with E-state index >= 15 is 0 Å². The van der Waals surface area contributed by atoms with Gasteiger partial charge in [-0.3, -0.25) is 0 Å². The summed E-state index contributed by atoms with van der Waals surface area (Å²) in [5.41, 5.74) is 8.52. The fraction of sp³-hybridized carbons (Fsp3) is 0. The van der Waals surface area contributed by atoms with Crippen LogP contribution in [0.4, 0.5) is 5.82 Å². The third-order valence-corrected chi connectivity index (χ3v) is 5.61. The Bertz CT molecular complexity index is 947. The Morgan fingerprint density at radius 1 is 1.13 bits per heavy atom. The van der Waals surface area contributed by atoms with Crippen LogP contribution in [0.15, 0.2) is 40.2 Å². The van der Waals surface area contributed by atoms with Gasteiger partial charge in [0, 0.05) is 16.0 Å². The van der Waals surface area contributed by atoms with Gasteiger partial charge in [-0.25, -0.2) is 4.98 Å². The van der Waals surface area contributed by atoms with Gasteiger partial charge in [0.25, 0.3) is 0 Å². The zero-order valence-electron chi connectivity index (χ0n) is 11.5. The SMILES string of the molecule is N#Cc1c(-c2ccc(Br)s2)cc(-c2ccc(Cl)c(Cl)c2)nc1N. The van der Waals surface area contributed by atoms with Crippen LogP contribution in [0.3, 0.4) is 0 Å². The van der Waals surface area contributed by atoms with Crippen molar-refractivity contribution in [1.82, 2.24) is 4.98 Å². The van der Waals surface area contributed by atoms with Crippen molar-refractivity contribution in [2.24, 2.45) is 0 Å². The predicted octanol–water partition coefficient (Wildman–Crippen LogP) is 6.00. The van der Waals surface area contributed by atoms with Crippen molar-refractivity contribution < 1.29 is 0 Å². The molecule has 0 saturated heterocycles. The van der Waals surface area contributed by atoms with Gasteiger partial charge in [0.1, 0.15) is 17.5 Å². The molecule has 0 fully saturated rings. The zero-order chi connectivity index (χ0) is 16.6. The third-order valence-electron chi connectivity index (χ3n) is 3.21. The van der Waals surface area contributed by atoms with Gasteiger partial charge < -0.3 is 5.73 Å². The van der Waals surface area contributed by atoms with Gasteiger partial charge in [0.15, 0.2) is 0 Å². The Labute approximate surface area is 155 Å². The van der Waals surface area contributed by atoms with E-state index in [0.717, 1.165) is 19.8 Å². The number of hydrogen-bond acceptors (Lipinski definition) is 4. The molecule has 2 heterocycles. The molecule has 7 heteroatoms. The van der Waals surface area contributed by atoms with E-state index in [1.807, 2.05) is 24.3 Å². The molecule has 1 aromatic carbocycles. The second-order valence-corrected chi connectivity index (χ2v) is 7.94. The highest BCUT2D eigenvalue weighted by molar-refractivity contribution is 9.11. The van der Waals surface area contributed by atoms with Gasteiger partial charge in [0.2, 0.25) is 0 Å². The summed E-state index contributed by atoms with van der Waals surface area (Å²) in [6.07, 6.45) is 0. The Morgan fingerprint density at radius 3 is 2.52 bits per heavy atom. The molecule has 3 aromatic rings. The maximum Gasteiger partial charge on any atom is 0.142 e. The molecule has 0 atom stereocenters. The first-order chi connectivity index (χ1) is 11.0. The van der Waals surface area contributed by atoms with Crippen molar-refractivity contribution in [3.63, 3.8) is 0 Å². The minimum atomic E-state index is 0.190. The van der Waals surface area contributed by atoms with Gasteiger partial charge in [0.05, 0.1) is 19.5 Å². The molecule has 0 aliphatic rings. The van der Waals surface area contributed by atoms with Crippen LogP contribution in [0.2, 0.25) is 10.0 Å². The van der Waals surface area contributed by atoms with Crippen molar-refractivity contribution >= 4 is 56.3 Å². The average Bonchev–Trinajstić information content (AvgIpc) is 2.95. The first kappa shape index (κ1) is 16.3. The van der Waals surface area contributed by atoms with E-state index in [2.05, 4.69) is 27.0 Å². The van der Waals surface area contributed by atoms with E-state index in [-0.39, 0.29) is 5.82 Å². The molecule has 0 unspecified atom stereocenters. The van der Waals surface area contributed by atoms with Gasteiger partial charge in [-0.2, -0.15) is 5.26 Å². The van der Waals surface area contributed by atoms with Crippen molar-refractivity contribution in [2.45, 2.75) is 0 Å². The largest absolute Gasteiger partial charge is 0.383 e. The molecular formula is C16H8BrCl2N3S. The molecular weight excluding hydrogens is 417 g/mol. The second kappa shape index (κ2) is 6.50. The Hall–Kier alpha value is -1.58. The number of aromatic nitrogens is 1. The number of benzene rings is 1. The first-order valence-electron chi connectivity index (χ1n) is 6.41.